The van der Waals surface area contributed by atoms with Gasteiger partial charge >= 0.3 is 0 Å². The average molecular weight is 362 g/mol. The third kappa shape index (κ3) is 5.54. The number of aryl methyl sites for hydroxylation is 1. The standard InChI is InChI=1S/C21H22N4O2/c1-2-27-18-11-7-6-10-17(18)22-19-13-14-20(25-24-19)23-21(26)15-12-16-8-4-3-5-9-16/h3-11,13-14H,2,12,15H2,1H3,(H,22,24)(H,23,25,26). The van der Waals surface area contributed by atoms with Crippen LogP contribution in [-0.2, 0) is 11.2 Å². The summed E-state index contributed by atoms with van der Waals surface area (Å²) in [4.78, 5) is 12.1. The molecule has 0 saturated carbocycles. The molecule has 0 bridgehead atoms. The van der Waals surface area contributed by atoms with Gasteiger partial charge in [0.15, 0.2) is 11.6 Å². The summed E-state index contributed by atoms with van der Waals surface area (Å²) in [5.74, 6) is 1.66. The Morgan fingerprint density at radius 1 is 0.926 bits per heavy atom. The molecular formula is C21H22N4O2. The van der Waals surface area contributed by atoms with Gasteiger partial charge in [0.25, 0.3) is 0 Å². The van der Waals surface area contributed by atoms with Crippen molar-refractivity contribution in [2.24, 2.45) is 0 Å². The van der Waals surface area contributed by atoms with Crippen molar-refractivity contribution in [2.75, 3.05) is 17.2 Å². The molecule has 1 aromatic heterocycles. The maximum Gasteiger partial charge on any atom is 0.225 e. The van der Waals surface area contributed by atoms with E-state index in [9.17, 15) is 4.79 Å². The summed E-state index contributed by atoms with van der Waals surface area (Å²) >= 11 is 0. The Labute approximate surface area is 158 Å². The molecule has 0 fully saturated rings. The Balaban J connectivity index is 1.55. The number of aromatic nitrogens is 2. The molecule has 0 aliphatic rings. The van der Waals surface area contributed by atoms with Crippen LogP contribution in [0.4, 0.5) is 17.3 Å². The van der Waals surface area contributed by atoms with Gasteiger partial charge in [0.05, 0.1) is 12.3 Å². The number of rotatable bonds is 8. The van der Waals surface area contributed by atoms with Gasteiger partial charge in [0.2, 0.25) is 5.91 Å². The number of anilines is 3. The van der Waals surface area contributed by atoms with Gasteiger partial charge in [-0.2, -0.15) is 0 Å². The third-order valence-electron chi connectivity index (χ3n) is 3.87. The Kier molecular flexibility index (Phi) is 6.35. The van der Waals surface area contributed by atoms with Crippen LogP contribution in [0.1, 0.15) is 18.9 Å². The molecule has 0 spiro atoms. The minimum Gasteiger partial charge on any atom is -0.492 e. The average Bonchev–Trinajstić information content (AvgIpc) is 2.70. The van der Waals surface area contributed by atoms with E-state index in [0.717, 1.165) is 17.0 Å². The summed E-state index contributed by atoms with van der Waals surface area (Å²) in [5, 5.41) is 14.1. The number of para-hydroxylation sites is 2. The van der Waals surface area contributed by atoms with Gasteiger partial charge in [0, 0.05) is 6.42 Å². The monoisotopic (exact) mass is 362 g/mol. The number of carbonyl (C=O) groups excluding carboxylic acids is 1. The molecule has 3 aromatic rings. The smallest absolute Gasteiger partial charge is 0.225 e. The summed E-state index contributed by atoms with van der Waals surface area (Å²) < 4.78 is 5.58. The first kappa shape index (κ1) is 18.4. The van der Waals surface area contributed by atoms with E-state index in [2.05, 4.69) is 20.8 Å². The van der Waals surface area contributed by atoms with Crippen LogP contribution >= 0.6 is 0 Å². The highest BCUT2D eigenvalue weighted by molar-refractivity contribution is 5.89. The van der Waals surface area contributed by atoms with E-state index in [-0.39, 0.29) is 5.91 Å². The molecule has 27 heavy (non-hydrogen) atoms. The lowest BCUT2D eigenvalue weighted by Crippen LogP contribution is -2.14. The lowest BCUT2D eigenvalue weighted by atomic mass is 10.1. The van der Waals surface area contributed by atoms with Crippen molar-refractivity contribution >= 4 is 23.2 Å². The molecular weight excluding hydrogens is 340 g/mol. The van der Waals surface area contributed by atoms with E-state index in [0.29, 0.717) is 31.1 Å². The molecule has 6 heteroatoms. The van der Waals surface area contributed by atoms with Crippen molar-refractivity contribution in [3.05, 3.63) is 72.3 Å². The zero-order valence-electron chi connectivity index (χ0n) is 15.2. The zero-order chi connectivity index (χ0) is 18.9. The van der Waals surface area contributed by atoms with Crippen LogP contribution in [0, 0.1) is 0 Å². The van der Waals surface area contributed by atoms with Crippen LogP contribution in [0.2, 0.25) is 0 Å². The zero-order valence-corrected chi connectivity index (χ0v) is 15.2. The summed E-state index contributed by atoms with van der Waals surface area (Å²) in [6.45, 7) is 2.52. The number of hydrogen-bond donors (Lipinski definition) is 2. The number of benzene rings is 2. The Morgan fingerprint density at radius 2 is 1.63 bits per heavy atom. The van der Waals surface area contributed by atoms with Gasteiger partial charge < -0.3 is 15.4 Å². The molecule has 1 amide bonds. The second-order valence-corrected chi connectivity index (χ2v) is 5.89. The molecule has 0 saturated heterocycles. The number of ether oxygens (including phenoxy) is 1. The number of nitrogens with zero attached hydrogens (tertiary/aromatic N) is 2. The Hall–Kier alpha value is -3.41. The first-order valence-corrected chi connectivity index (χ1v) is 8.91. The van der Waals surface area contributed by atoms with Crippen molar-refractivity contribution in [3.8, 4) is 5.75 Å². The Bertz CT molecular complexity index is 867. The van der Waals surface area contributed by atoms with Crippen LogP contribution in [-0.4, -0.2) is 22.7 Å². The predicted octanol–water partition coefficient (Wildman–Crippen LogP) is 4.19. The fourth-order valence-electron chi connectivity index (χ4n) is 2.56. The highest BCUT2D eigenvalue weighted by Crippen LogP contribution is 2.26. The largest absolute Gasteiger partial charge is 0.492 e. The fourth-order valence-corrected chi connectivity index (χ4v) is 2.56. The molecule has 0 aliphatic heterocycles. The van der Waals surface area contributed by atoms with E-state index in [1.165, 1.54) is 0 Å². The normalized spacial score (nSPS) is 10.3. The van der Waals surface area contributed by atoms with Crippen LogP contribution in [0.15, 0.2) is 66.7 Å². The van der Waals surface area contributed by atoms with Crippen molar-refractivity contribution in [1.29, 1.82) is 0 Å². The maximum atomic E-state index is 12.1. The number of carbonyl (C=O) groups is 1. The SMILES string of the molecule is CCOc1ccccc1Nc1ccc(NC(=O)CCc2ccccc2)nn1. The van der Waals surface area contributed by atoms with E-state index in [4.69, 9.17) is 4.74 Å². The molecule has 0 atom stereocenters. The molecule has 0 aliphatic carbocycles. The summed E-state index contributed by atoms with van der Waals surface area (Å²) in [5.41, 5.74) is 1.94. The van der Waals surface area contributed by atoms with Gasteiger partial charge in [-0.3, -0.25) is 4.79 Å². The van der Waals surface area contributed by atoms with Gasteiger partial charge in [0.1, 0.15) is 5.75 Å². The summed E-state index contributed by atoms with van der Waals surface area (Å²) in [7, 11) is 0. The van der Waals surface area contributed by atoms with E-state index < -0.39 is 0 Å². The van der Waals surface area contributed by atoms with Crippen molar-refractivity contribution in [1.82, 2.24) is 10.2 Å². The summed E-state index contributed by atoms with van der Waals surface area (Å²) in [6, 6.07) is 21.0. The molecule has 0 unspecified atom stereocenters. The fraction of sp³-hybridized carbons (Fsp3) is 0.190. The Morgan fingerprint density at radius 3 is 2.37 bits per heavy atom. The molecule has 1 heterocycles. The predicted molar refractivity (Wildman–Crippen MR) is 106 cm³/mol. The minimum atomic E-state index is -0.0875. The minimum absolute atomic E-state index is 0.0875. The second-order valence-electron chi connectivity index (χ2n) is 5.89. The van der Waals surface area contributed by atoms with Crippen LogP contribution in [0.5, 0.6) is 5.75 Å². The molecule has 6 nitrogen and oxygen atoms in total. The van der Waals surface area contributed by atoms with E-state index in [1.807, 2.05) is 61.5 Å². The molecule has 2 N–H and O–H groups in total. The number of hydrogen-bond acceptors (Lipinski definition) is 5. The molecule has 2 aromatic carbocycles. The molecule has 3 rings (SSSR count). The van der Waals surface area contributed by atoms with E-state index in [1.54, 1.807) is 12.1 Å². The quantitative estimate of drug-likeness (QED) is 0.628. The lowest BCUT2D eigenvalue weighted by Gasteiger charge is -2.11. The van der Waals surface area contributed by atoms with Gasteiger partial charge in [-0.1, -0.05) is 42.5 Å². The lowest BCUT2D eigenvalue weighted by molar-refractivity contribution is -0.116. The van der Waals surface area contributed by atoms with Gasteiger partial charge in [-0.25, -0.2) is 0 Å². The van der Waals surface area contributed by atoms with Crippen molar-refractivity contribution in [2.45, 2.75) is 19.8 Å². The molecule has 0 radical (unpaired) electrons. The van der Waals surface area contributed by atoms with Crippen LogP contribution < -0.4 is 15.4 Å². The third-order valence-corrected chi connectivity index (χ3v) is 3.87. The summed E-state index contributed by atoms with van der Waals surface area (Å²) in [6.07, 6.45) is 1.08. The maximum absolute atomic E-state index is 12.1. The number of nitrogens with one attached hydrogen (secondary N) is 2. The van der Waals surface area contributed by atoms with Gasteiger partial charge in [-0.15, -0.1) is 10.2 Å². The van der Waals surface area contributed by atoms with E-state index >= 15 is 0 Å². The van der Waals surface area contributed by atoms with Gasteiger partial charge in [-0.05, 0) is 43.2 Å². The van der Waals surface area contributed by atoms with Crippen molar-refractivity contribution < 1.29 is 9.53 Å². The topological polar surface area (TPSA) is 76.1 Å². The first-order valence-electron chi connectivity index (χ1n) is 8.91. The first-order chi connectivity index (χ1) is 13.2. The van der Waals surface area contributed by atoms with Crippen LogP contribution in [0.25, 0.3) is 0 Å². The second kappa shape index (κ2) is 9.33. The molecule has 138 valence electrons. The highest BCUT2D eigenvalue weighted by atomic mass is 16.5. The number of amides is 1. The van der Waals surface area contributed by atoms with Crippen molar-refractivity contribution in [3.63, 3.8) is 0 Å². The van der Waals surface area contributed by atoms with Crippen LogP contribution in [0.3, 0.4) is 0 Å². The highest BCUT2D eigenvalue weighted by Gasteiger charge is 2.07.